The van der Waals surface area contributed by atoms with Crippen molar-refractivity contribution < 1.29 is 9.53 Å². The number of carbonyl (C=O) groups is 1. The highest BCUT2D eigenvalue weighted by molar-refractivity contribution is 5.88. The molecule has 0 fully saturated rings. The Kier molecular flexibility index (Phi) is 5.42. The van der Waals surface area contributed by atoms with Crippen molar-refractivity contribution in [3.63, 3.8) is 0 Å². The van der Waals surface area contributed by atoms with E-state index >= 15 is 0 Å². The lowest BCUT2D eigenvalue weighted by Gasteiger charge is -2.20. The number of hydrogen-bond donors (Lipinski definition) is 1. The molecule has 1 heterocycles. The minimum absolute atomic E-state index is 0.282. The van der Waals surface area contributed by atoms with Gasteiger partial charge in [0, 0.05) is 13.6 Å². The first-order valence-corrected chi connectivity index (χ1v) is 6.16. The molecule has 0 radical (unpaired) electrons. The summed E-state index contributed by atoms with van der Waals surface area (Å²) in [6, 6.07) is 3.26. The van der Waals surface area contributed by atoms with Crippen LogP contribution in [0.1, 0.15) is 36.7 Å². The Labute approximate surface area is 108 Å². The molecule has 0 aliphatic carbocycles. The van der Waals surface area contributed by atoms with Crippen LogP contribution in [0.2, 0.25) is 0 Å². The van der Waals surface area contributed by atoms with E-state index in [1.807, 2.05) is 11.9 Å². The SMILES string of the molecule is CCCCCN(C)c1nc(C(=O)OC)ccc1N. The van der Waals surface area contributed by atoms with Crippen molar-refractivity contribution in [2.45, 2.75) is 26.2 Å². The largest absolute Gasteiger partial charge is 0.464 e. The van der Waals surface area contributed by atoms with E-state index in [1.165, 1.54) is 20.0 Å². The van der Waals surface area contributed by atoms with E-state index in [1.54, 1.807) is 12.1 Å². The molecule has 0 saturated heterocycles. The summed E-state index contributed by atoms with van der Waals surface area (Å²) in [4.78, 5) is 17.6. The fraction of sp³-hybridized carbons (Fsp3) is 0.538. The number of methoxy groups -OCH3 is 1. The summed E-state index contributed by atoms with van der Waals surface area (Å²) in [7, 11) is 3.26. The van der Waals surface area contributed by atoms with E-state index in [0.29, 0.717) is 11.5 Å². The van der Waals surface area contributed by atoms with E-state index in [-0.39, 0.29) is 5.69 Å². The fourth-order valence-electron chi connectivity index (χ4n) is 1.69. The Morgan fingerprint density at radius 3 is 2.78 bits per heavy atom. The van der Waals surface area contributed by atoms with Gasteiger partial charge >= 0.3 is 5.97 Å². The van der Waals surface area contributed by atoms with Crippen molar-refractivity contribution >= 4 is 17.5 Å². The molecule has 1 aromatic heterocycles. The third-order valence-electron chi connectivity index (χ3n) is 2.76. The van der Waals surface area contributed by atoms with Crippen LogP contribution in [0.3, 0.4) is 0 Å². The number of unbranched alkanes of at least 4 members (excludes halogenated alkanes) is 2. The second kappa shape index (κ2) is 6.83. The van der Waals surface area contributed by atoms with Gasteiger partial charge in [-0.1, -0.05) is 19.8 Å². The molecular weight excluding hydrogens is 230 g/mol. The van der Waals surface area contributed by atoms with Crippen LogP contribution >= 0.6 is 0 Å². The highest BCUT2D eigenvalue weighted by atomic mass is 16.5. The van der Waals surface area contributed by atoms with Crippen LogP contribution in [0.25, 0.3) is 0 Å². The summed E-state index contributed by atoms with van der Waals surface area (Å²) in [6.07, 6.45) is 3.41. The van der Waals surface area contributed by atoms with Gasteiger partial charge in [0.15, 0.2) is 11.5 Å². The van der Waals surface area contributed by atoms with E-state index in [4.69, 9.17) is 5.73 Å². The van der Waals surface area contributed by atoms with Gasteiger partial charge in [0.2, 0.25) is 0 Å². The summed E-state index contributed by atoms with van der Waals surface area (Å²) in [5.41, 5.74) is 6.73. The van der Waals surface area contributed by atoms with Gasteiger partial charge in [-0.05, 0) is 18.6 Å². The molecule has 0 aliphatic rings. The lowest BCUT2D eigenvalue weighted by Crippen LogP contribution is -2.22. The smallest absolute Gasteiger partial charge is 0.356 e. The van der Waals surface area contributed by atoms with Crippen molar-refractivity contribution in [1.29, 1.82) is 0 Å². The first kappa shape index (κ1) is 14.3. The Morgan fingerprint density at radius 2 is 2.17 bits per heavy atom. The Bertz CT molecular complexity index is 407. The molecule has 1 rings (SSSR count). The quantitative estimate of drug-likeness (QED) is 0.619. The normalized spacial score (nSPS) is 10.2. The molecule has 5 nitrogen and oxygen atoms in total. The number of aromatic nitrogens is 1. The molecule has 0 atom stereocenters. The van der Waals surface area contributed by atoms with Gasteiger partial charge < -0.3 is 15.4 Å². The van der Waals surface area contributed by atoms with Crippen molar-refractivity contribution in [2.24, 2.45) is 0 Å². The fourth-order valence-corrected chi connectivity index (χ4v) is 1.69. The van der Waals surface area contributed by atoms with Crippen molar-refractivity contribution in [2.75, 3.05) is 31.3 Å². The predicted octanol–water partition coefficient (Wildman–Crippen LogP) is 2.08. The first-order valence-electron chi connectivity index (χ1n) is 6.16. The second-order valence-electron chi connectivity index (χ2n) is 4.23. The van der Waals surface area contributed by atoms with Crippen LogP contribution in [-0.4, -0.2) is 31.7 Å². The number of hydrogen-bond acceptors (Lipinski definition) is 5. The molecule has 0 spiro atoms. The summed E-state index contributed by atoms with van der Waals surface area (Å²) < 4.78 is 4.65. The van der Waals surface area contributed by atoms with Gasteiger partial charge in [0.05, 0.1) is 12.8 Å². The zero-order valence-electron chi connectivity index (χ0n) is 11.3. The van der Waals surface area contributed by atoms with Crippen molar-refractivity contribution in [3.05, 3.63) is 17.8 Å². The van der Waals surface area contributed by atoms with Gasteiger partial charge in [-0.3, -0.25) is 0 Å². The molecule has 18 heavy (non-hydrogen) atoms. The molecular formula is C13H21N3O2. The molecule has 0 aromatic carbocycles. The van der Waals surface area contributed by atoms with Gasteiger partial charge in [-0.25, -0.2) is 9.78 Å². The van der Waals surface area contributed by atoms with E-state index in [2.05, 4.69) is 16.6 Å². The summed E-state index contributed by atoms with van der Waals surface area (Å²) in [5, 5.41) is 0. The van der Waals surface area contributed by atoms with Crippen molar-refractivity contribution in [1.82, 2.24) is 4.98 Å². The molecule has 0 amide bonds. The van der Waals surface area contributed by atoms with Crippen LogP contribution in [0.4, 0.5) is 11.5 Å². The van der Waals surface area contributed by atoms with Gasteiger partial charge in [-0.2, -0.15) is 0 Å². The minimum Gasteiger partial charge on any atom is -0.464 e. The average molecular weight is 251 g/mol. The summed E-state index contributed by atoms with van der Waals surface area (Å²) in [5.74, 6) is 0.187. The number of carbonyl (C=O) groups excluding carboxylic acids is 1. The van der Waals surface area contributed by atoms with Crippen LogP contribution < -0.4 is 10.6 Å². The molecule has 2 N–H and O–H groups in total. The first-order chi connectivity index (χ1) is 8.60. The third kappa shape index (κ3) is 3.61. The topological polar surface area (TPSA) is 68.5 Å². The lowest BCUT2D eigenvalue weighted by atomic mass is 10.2. The Morgan fingerprint density at radius 1 is 1.44 bits per heavy atom. The number of esters is 1. The zero-order valence-corrected chi connectivity index (χ0v) is 11.3. The molecule has 0 bridgehead atoms. The minimum atomic E-state index is -0.446. The number of nitrogen functional groups attached to an aromatic ring is 1. The highest BCUT2D eigenvalue weighted by Crippen LogP contribution is 2.20. The van der Waals surface area contributed by atoms with Crippen LogP contribution in [0, 0.1) is 0 Å². The van der Waals surface area contributed by atoms with Gasteiger partial charge in [0.1, 0.15) is 0 Å². The van der Waals surface area contributed by atoms with Crippen LogP contribution in [-0.2, 0) is 4.74 Å². The summed E-state index contributed by atoms with van der Waals surface area (Å²) >= 11 is 0. The lowest BCUT2D eigenvalue weighted by molar-refractivity contribution is 0.0594. The molecule has 0 unspecified atom stereocenters. The van der Waals surface area contributed by atoms with Gasteiger partial charge in [0.25, 0.3) is 0 Å². The number of ether oxygens (including phenoxy) is 1. The van der Waals surface area contributed by atoms with Crippen LogP contribution in [0.5, 0.6) is 0 Å². The summed E-state index contributed by atoms with van der Waals surface area (Å²) in [6.45, 7) is 3.03. The molecule has 0 aliphatic heterocycles. The average Bonchev–Trinajstić information content (AvgIpc) is 2.38. The van der Waals surface area contributed by atoms with Crippen molar-refractivity contribution in [3.8, 4) is 0 Å². The highest BCUT2D eigenvalue weighted by Gasteiger charge is 2.12. The number of anilines is 2. The standard InChI is InChI=1S/C13H21N3O2/c1-4-5-6-9-16(2)12-10(14)7-8-11(15-12)13(17)18-3/h7-8H,4-6,9,14H2,1-3H3. The monoisotopic (exact) mass is 251 g/mol. The molecule has 5 heteroatoms. The Hall–Kier alpha value is -1.78. The third-order valence-corrected chi connectivity index (χ3v) is 2.76. The van der Waals surface area contributed by atoms with E-state index in [0.717, 1.165) is 13.0 Å². The number of rotatable bonds is 6. The number of nitrogens with two attached hydrogens (primary N) is 1. The zero-order chi connectivity index (χ0) is 13.5. The Balaban J connectivity index is 2.82. The molecule has 1 aromatic rings. The van der Waals surface area contributed by atoms with E-state index in [9.17, 15) is 4.79 Å². The van der Waals surface area contributed by atoms with Crippen LogP contribution in [0.15, 0.2) is 12.1 Å². The number of pyridine rings is 1. The number of nitrogens with zero attached hydrogens (tertiary/aromatic N) is 2. The maximum absolute atomic E-state index is 11.4. The second-order valence-corrected chi connectivity index (χ2v) is 4.23. The molecule has 100 valence electrons. The van der Waals surface area contributed by atoms with Gasteiger partial charge in [-0.15, -0.1) is 0 Å². The molecule has 0 saturated carbocycles. The predicted molar refractivity (Wildman–Crippen MR) is 72.8 cm³/mol. The van der Waals surface area contributed by atoms with E-state index < -0.39 is 5.97 Å². The maximum atomic E-state index is 11.4. The maximum Gasteiger partial charge on any atom is 0.356 e.